The van der Waals surface area contributed by atoms with Crippen molar-refractivity contribution in [1.82, 2.24) is 5.43 Å². The van der Waals surface area contributed by atoms with Gasteiger partial charge in [0.1, 0.15) is 12.3 Å². The largest absolute Gasteiger partial charge is 0.479 e. The van der Waals surface area contributed by atoms with Gasteiger partial charge in [0.2, 0.25) is 0 Å². The predicted octanol–water partition coefficient (Wildman–Crippen LogP) is 2.96. The van der Waals surface area contributed by atoms with Gasteiger partial charge in [-0.05, 0) is 31.2 Å². The van der Waals surface area contributed by atoms with E-state index in [1.165, 1.54) is 23.1 Å². The normalized spacial score (nSPS) is 16.4. The molecule has 0 spiro atoms. The molecule has 0 aliphatic carbocycles. The van der Waals surface area contributed by atoms with Gasteiger partial charge in [-0.1, -0.05) is 24.3 Å². The lowest BCUT2D eigenvalue weighted by Gasteiger charge is -2.32. The van der Waals surface area contributed by atoms with Gasteiger partial charge in [-0.2, -0.15) is 13.2 Å². The van der Waals surface area contributed by atoms with Gasteiger partial charge < -0.3 is 4.74 Å². The molecule has 0 saturated heterocycles. The van der Waals surface area contributed by atoms with Crippen LogP contribution in [0.1, 0.15) is 12.5 Å². The average molecular weight is 379 g/mol. The van der Waals surface area contributed by atoms with Crippen LogP contribution in [0.5, 0.6) is 5.75 Å². The van der Waals surface area contributed by atoms with Crippen LogP contribution in [0.25, 0.3) is 0 Å². The average Bonchev–Trinajstić information content (AvgIpc) is 2.63. The number of carbonyl (C=O) groups excluding carboxylic acids is 2. The number of nitrogens with one attached hydrogen (secondary N) is 2. The molecule has 0 saturated carbocycles. The van der Waals surface area contributed by atoms with E-state index in [4.69, 9.17) is 4.74 Å². The van der Waals surface area contributed by atoms with Gasteiger partial charge >= 0.3 is 6.18 Å². The number of hydrogen-bond donors (Lipinski definition) is 2. The van der Waals surface area contributed by atoms with Crippen molar-refractivity contribution < 1.29 is 27.5 Å². The van der Waals surface area contributed by atoms with Gasteiger partial charge in [-0.15, -0.1) is 0 Å². The Labute approximate surface area is 152 Å². The molecule has 27 heavy (non-hydrogen) atoms. The maximum Gasteiger partial charge on any atom is 0.418 e. The van der Waals surface area contributed by atoms with Crippen molar-refractivity contribution in [3.8, 4) is 5.75 Å². The van der Waals surface area contributed by atoms with Crippen LogP contribution >= 0.6 is 0 Å². The molecule has 2 N–H and O–H groups in total. The zero-order chi connectivity index (χ0) is 19.6. The van der Waals surface area contributed by atoms with Crippen LogP contribution in [0.2, 0.25) is 0 Å². The molecular weight excluding hydrogens is 363 g/mol. The number of benzene rings is 2. The molecule has 9 heteroatoms. The van der Waals surface area contributed by atoms with Crippen LogP contribution in [0.15, 0.2) is 48.5 Å². The number of carbonyl (C=O) groups is 2. The lowest BCUT2D eigenvalue weighted by molar-refractivity contribution is -0.137. The highest BCUT2D eigenvalue weighted by Gasteiger charge is 2.34. The summed E-state index contributed by atoms with van der Waals surface area (Å²) in [5, 5.41) is 0. The van der Waals surface area contributed by atoms with E-state index in [0.717, 1.165) is 6.07 Å². The summed E-state index contributed by atoms with van der Waals surface area (Å²) >= 11 is 0. The number of hydrazine groups is 1. The van der Waals surface area contributed by atoms with Crippen LogP contribution < -0.4 is 20.5 Å². The summed E-state index contributed by atoms with van der Waals surface area (Å²) in [6.45, 7) is 1.19. The number of para-hydroxylation sites is 3. The first-order valence-corrected chi connectivity index (χ1v) is 8.05. The zero-order valence-electron chi connectivity index (χ0n) is 14.2. The summed E-state index contributed by atoms with van der Waals surface area (Å²) in [5.74, 6) is -0.642. The molecule has 2 amide bonds. The highest BCUT2D eigenvalue weighted by Crippen LogP contribution is 2.35. The minimum atomic E-state index is -4.57. The second kappa shape index (κ2) is 7.18. The number of anilines is 2. The summed E-state index contributed by atoms with van der Waals surface area (Å²) in [6, 6.07) is 11.5. The molecule has 0 radical (unpaired) electrons. The second-order valence-corrected chi connectivity index (χ2v) is 5.87. The maximum atomic E-state index is 13.0. The molecule has 142 valence electrons. The number of ether oxygens (including phenoxy) is 1. The van der Waals surface area contributed by atoms with E-state index in [9.17, 15) is 22.8 Å². The Morgan fingerprint density at radius 1 is 1.15 bits per heavy atom. The molecule has 2 aromatic rings. The molecule has 2 aromatic carbocycles. The molecule has 0 unspecified atom stereocenters. The number of hydrogen-bond acceptors (Lipinski definition) is 4. The van der Waals surface area contributed by atoms with Crippen LogP contribution in [0.3, 0.4) is 0 Å². The van der Waals surface area contributed by atoms with Crippen molar-refractivity contribution in [3.63, 3.8) is 0 Å². The Hall–Kier alpha value is -3.23. The zero-order valence-corrected chi connectivity index (χ0v) is 14.2. The quantitative estimate of drug-likeness (QED) is 0.802. The standard InChI is InChI=1S/C18H16F3N3O3/c1-11-17(26)24(14-8-4-5-9-15(14)27-11)10-16(25)23-22-13-7-3-2-6-12(13)18(19,20)21/h2-9,11,22H,10H2,1H3,(H,23,25)/t11-/m0/s1. The molecule has 0 fully saturated rings. The Morgan fingerprint density at radius 2 is 1.81 bits per heavy atom. The molecular formula is C18H16F3N3O3. The first-order chi connectivity index (χ1) is 12.8. The fraction of sp³-hybridized carbons (Fsp3) is 0.222. The van der Waals surface area contributed by atoms with Crippen LogP contribution in [0.4, 0.5) is 24.5 Å². The van der Waals surface area contributed by atoms with E-state index in [1.807, 2.05) is 0 Å². The van der Waals surface area contributed by atoms with Gasteiger partial charge in [0.05, 0.1) is 16.9 Å². The van der Waals surface area contributed by atoms with Crippen molar-refractivity contribution in [2.75, 3.05) is 16.9 Å². The fourth-order valence-electron chi connectivity index (χ4n) is 2.68. The van der Waals surface area contributed by atoms with Crippen LogP contribution in [-0.4, -0.2) is 24.5 Å². The third kappa shape index (κ3) is 3.97. The van der Waals surface area contributed by atoms with Crippen LogP contribution in [-0.2, 0) is 15.8 Å². The summed E-state index contributed by atoms with van der Waals surface area (Å²) in [4.78, 5) is 25.8. The highest BCUT2D eigenvalue weighted by atomic mass is 19.4. The smallest absolute Gasteiger partial charge is 0.418 e. The number of amides is 2. The molecule has 3 rings (SSSR count). The van der Waals surface area contributed by atoms with E-state index in [-0.39, 0.29) is 12.2 Å². The molecule has 0 bridgehead atoms. The Kier molecular flexibility index (Phi) is 4.93. The lowest BCUT2D eigenvalue weighted by atomic mass is 10.2. The second-order valence-electron chi connectivity index (χ2n) is 5.87. The van der Waals surface area contributed by atoms with Crippen molar-refractivity contribution >= 4 is 23.2 Å². The Bertz CT molecular complexity index is 870. The first kappa shape index (κ1) is 18.6. The van der Waals surface area contributed by atoms with Crippen molar-refractivity contribution in [1.29, 1.82) is 0 Å². The first-order valence-electron chi connectivity index (χ1n) is 8.05. The van der Waals surface area contributed by atoms with E-state index in [0.29, 0.717) is 11.4 Å². The highest BCUT2D eigenvalue weighted by molar-refractivity contribution is 6.03. The number of rotatable bonds is 4. The predicted molar refractivity (Wildman–Crippen MR) is 92.1 cm³/mol. The van der Waals surface area contributed by atoms with E-state index in [1.54, 1.807) is 31.2 Å². The lowest BCUT2D eigenvalue weighted by Crippen LogP contribution is -2.49. The SMILES string of the molecule is C[C@@H]1Oc2ccccc2N(CC(=O)NNc2ccccc2C(F)(F)F)C1=O. The van der Waals surface area contributed by atoms with Crippen molar-refractivity contribution in [2.24, 2.45) is 0 Å². The minimum Gasteiger partial charge on any atom is -0.479 e. The van der Waals surface area contributed by atoms with Gasteiger partial charge in [0, 0.05) is 0 Å². The van der Waals surface area contributed by atoms with E-state index < -0.39 is 29.7 Å². The Morgan fingerprint density at radius 3 is 2.56 bits per heavy atom. The summed E-state index contributed by atoms with van der Waals surface area (Å²) in [6.07, 6.45) is -5.34. The molecule has 1 atom stereocenters. The number of alkyl halides is 3. The van der Waals surface area contributed by atoms with Gasteiger partial charge in [-0.25, -0.2) is 0 Å². The third-order valence-corrected chi connectivity index (χ3v) is 3.94. The number of nitrogens with zero attached hydrogens (tertiary/aromatic N) is 1. The van der Waals surface area contributed by atoms with E-state index >= 15 is 0 Å². The van der Waals surface area contributed by atoms with E-state index in [2.05, 4.69) is 10.9 Å². The fourth-order valence-corrected chi connectivity index (χ4v) is 2.68. The summed E-state index contributed by atoms with van der Waals surface area (Å²) in [7, 11) is 0. The maximum absolute atomic E-state index is 13.0. The van der Waals surface area contributed by atoms with Crippen LogP contribution in [0, 0.1) is 0 Å². The van der Waals surface area contributed by atoms with Gasteiger partial charge in [0.15, 0.2) is 6.10 Å². The molecule has 1 heterocycles. The minimum absolute atomic E-state index is 0.291. The molecule has 0 aromatic heterocycles. The van der Waals surface area contributed by atoms with Gasteiger partial charge in [0.25, 0.3) is 11.8 Å². The molecule has 6 nitrogen and oxygen atoms in total. The number of fused-ring (bicyclic) bond motifs is 1. The van der Waals surface area contributed by atoms with Crippen molar-refractivity contribution in [3.05, 3.63) is 54.1 Å². The summed E-state index contributed by atoms with van der Waals surface area (Å²) in [5.41, 5.74) is 3.69. The van der Waals surface area contributed by atoms with Gasteiger partial charge in [-0.3, -0.25) is 25.3 Å². The third-order valence-electron chi connectivity index (χ3n) is 3.94. The monoisotopic (exact) mass is 379 g/mol. The Balaban J connectivity index is 1.71. The number of halogens is 3. The molecule has 1 aliphatic heterocycles. The summed E-state index contributed by atoms with van der Waals surface area (Å²) < 4.78 is 44.4. The van der Waals surface area contributed by atoms with Crippen molar-refractivity contribution in [2.45, 2.75) is 19.2 Å². The topological polar surface area (TPSA) is 70.7 Å². The molecule has 1 aliphatic rings.